The molecule has 6 heteroatoms. The molecule has 3 N–H and O–H groups in total. The molecule has 1 aliphatic rings. The molecule has 6 nitrogen and oxygen atoms in total. The van der Waals surface area contributed by atoms with E-state index in [9.17, 15) is 4.79 Å². The Morgan fingerprint density at radius 3 is 2.12 bits per heavy atom. The van der Waals surface area contributed by atoms with Crippen LogP contribution in [-0.4, -0.2) is 57.2 Å². The van der Waals surface area contributed by atoms with Crippen molar-refractivity contribution in [2.75, 3.05) is 57.1 Å². The molecule has 0 saturated carbocycles. The summed E-state index contributed by atoms with van der Waals surface area (Å²) < 4.78 is 5.05. The first kappa shape index (κ1) is 22.8. The first-order valence-corrected chi connectivity index (χ1v) is 11.4. The van der Waals surface area contributed by atoms with Crippen LogP contribution in [0.4, 0.5) is 11.4 Å². The summed E-state index contributed by atoms with van der Waals surface area (Å²) in [5.41, 5.74) is 10.7. The molecule has 172 valence electrons. The van der Waals surface area contributed by atoms with Gasteiger partial charge in [0.1, 0.15) is 0 Å². The zero-order valence-electron chi connectivity index (χ0n) is 19.1. The van der Waals surface area contributed by atoms with Crippen LogP contribution in [0.15, 0.2) is 78.9 Å². The second-order valence-electron chi connectivity index (χ2n) is 8.27. The van der Waals surface area contributed by atoms with Crippen molar-refractivity contribution in [1.82, 2.24) is 10.2 Å². The van der Waals surface area contributed by atoms with Gasteiger partial charge in [-0.15, -0.1) is 0 Å². The molecule has 0 aromatic heterocycles. The number of nitrogen functional groups attached to an aromatic ring is 1. The van der Waals surface area contributed by atoms with Crippen LogP contribution in [-0.2, 0) is 4.74 Å². The van der Waals surface area contributed by atoms with E-state index in [4.69, 9.17) is 10.5 Å². The van der Waals surface area contributed by atoms with Gasteiger partial charge in [0.15, 0.2) is 0 Å². The van der Waals surface area contributed by atoms with Gasteiger partial charge in [0.05, 0.1) is 18.2 Å². The molecule has 0 atom stereocenters. The number of rotatable bonds is 8. The van der Waals surface area contributed by atoms with E-state index < -0.39 is 0 Å². The number of ether oxygens (including phenoxy) is 1. The number of piperazine rings is 1. The summed E-state index contributed by atoms with van der Waals surface area (Å²) in [4.78, 5) is 17.6. The Bertz CT molecular complexity index is 995. The first-order chi connectivity index (χ1) is 16.2. The van der Waals surface area contributed by atoms with Gasteiger partial charge >= 0.3 is 0 Å². The van der Waals surface area contributed by atoms with Crippen molar-refractivity contribution in [3.63, 3.8) is 0 Å². The number of nitrogens with one attached hydrogen (secondary N) is 1. The normalized spacial score (nSPS) is 14.4. The molecule has 1 heterocycles. The molecule has 0 spiro atoms. The van der Waals surface area contributed by atoms with Gasteiger partial charge in [-0.3, -0.25) is 9.69 Å². The van der Waals surface area contributed by atoms with E-state index in [2.05, 4.69) is 75.8 Å². The van der Waals surface area contributed by atoms with E-state index in [0.717, 1.165) is 31.9 Å². The molecular weight excluding hydrogens is 412 g/mol. The third-order valence-electron chi connectivity index (χ3n) is 6.11. The van der Waals surface area contributed by atoms with Gasteiger partial charge in [-0.1, -0.05) is 60.7 Å². The smallest absolute Gasteiger partial charge is 0.253 e. The van der Waals surface area contributed by atoms with Crippen molar-refractivity contribution >= 4 is 17.3 Å². The number of carbonyl (C=O) groups is 1. The van der Waals surface area contributed by atoms with Crippen LogP contribution in [0.2, 0.25) is 0 Å². The molecule has 3 aromatic rings. The average Bonchev–Trinajstić information content (AvgIpc) is 2.86. The number of amides is 1. The first-order valence-electron chi connectivity index (χ1n) is 11.4. The number of nitrogens with two attached hydrogens (primary N) is 1. The Morgan fingerprint density at radius 2 is 1.55 bits per heavy atom. The Hall–Kier alpha value is -3.35. The molecular formula is C27H32N4O2. The van der Waals surface area contributed by atoms with Crippen LogP contribution < -0.4 is 16.0 Å². The van der Waals surface area contributed by atoms with Gasteiger partial charge in [0, 0.05) is 51.2 Å². The summed E-state index contributed by atoms with van der Waals surface area (Å²) in [5, 5.41) is 2.92. The fourth-order valence-electron chi connectivity index (χ4n) is 4.48. The standard InChI is InChI=1S/C27H32N4O2/c1-33-19-14-29-27(32)24-20-23(28)12-13-25(24)30-15-17-31(18-16-30)26(21-8-4-2-5-9-21)22-10-6-3-7-11-22/h2-13,20,26H,14-19,28H2,1H3,(H,29,32). The third-order valence-corrected chi connectivity index (χ3v) is 6.11. The van der Waals surface area contributed by atoms with Crippen LogP contribution in [0.1, 0.15) is 27.5 Å². The minimum Gasteiger partial charge on any atom is -0.399 e. The number of methoxy groups -OCH3 is 1. The summed E-state index contributed by atoms with van der Waals surface area (Å²) >= 11 is 0. The predicted octanol–water partition coefficient (Wildman–Crippen LogP) is 3.56. The van der Waals surface area contributed by atoms with Crippen LogP contribution in [0, 0.1) is 0 Å². The molecule has 0 radical (unpaired) electrons. The summed E-state index contributed by atoms with van der Waals surface area (Å²) in [5.74, 6) is -0.122. The molecule has 0 bridgehead atoms. The van der Waals surface area contributed by atoms with Crippen molar-refractivity contribution in [3.8, 4) is 0 Å². The number of hydrogen-bond donors (Lipinski definition) is 2. The Labute approximate surface area is 196 Å². The lowest BCUT2D eigenvalue weighted by molar-refractivity contribution is 0.0937. The van der Waals surface area contributed by atoms with E-state index in [0.29, 0.717) is 24.4 Å². The van der Waals surface area contributed by atoms with Crippen LogP contribution in [0.5, 0.6) is 0 Å². The average molecular weight is 445 g/mol. The molecule has 0 unspecified atom stereocenters. The number of carbonyl (C=O) groups excluding carboxylic acids is 1. The lowest BCUT2D eigenvalue weighted by atomic mass is 9.96. The van der Waals surface area contributed by atoms with Gasteiger partial charge in [0.25, 0.3) is 5.91 Å². The third kappa shape index (κ3) is 5.53. The van der Waals surface area contributed by atoms with Crippen LogP contribution in [0.3, 0.4) is 0 Å². The molecule has 4 rings (SSSR count). The second-order valence-corrected chi connectivity index (χ2v) is 8.27. The molecule has 1 aliphatic heterocycles. The fraction of sp³-hybridized carbons (Fsp3) is 0.296. The van der Waals surface area contributed by atoms with Gasteiger partial charge in [0.2, 0.25) is 0 Å². The highest BCUT2D eigenvalue weighted by atomic mass is 16.5. The summed E-state index contributed by atoms with van der Waals surface area (Å²) in [6.07, 6.45) is 0. The Kier molecular flexibility index (Phi) is 7.60. The lowest BCUT2D eigenvalue weighted by Crippen LogP contribution is -2.48. The molecule has 1 saturated heterocycles. The van der Waals surface area contributed by atoms with Gasteiger partial charge in [-0.2, -0.15) is 0 Å². The molecule has 33 heavy (non-hydrogen) atoms. The monoisotopic (exact) mass is 444 g/mol. The topological polar surface area (TPSA) is 70.8 Å². The van der Waals surface area contributed by atoms with Crippen molar-refractivity contribution in [2.45, 2.75) is 6.04 Å². The Balaban J connectivity index is 1.52. The van der Waals surface area contributed by atoms with Crippen molar-refractivity contribution in [3.05, 3.63) is 95.6 Å². The minimum atomic E-state index is -0.122. The van der Waals surface area contributed by atoms with E-state index in [1.165, 1.54) is 11.1 Å². The van der Waals surface area contributed by atoms with E-state index in [1.54, 1.807) is 13.2 Å². The molecule has 3 aromatic carbocycles. The zero-order valence-corrected chi connectivity index (χ0v) is 19.1. The largest absolute Gasteiger partial charge is 0.399 e. The summed E-state index contributed by atoms with van der Waals surface area (Å²) in [7, 11) is 1.62. The maximum Gasteiger partial charge on any atom is 0.253 e. The number of benzene rings is 3. The van der Waals surface area contributed by atoms with E-state index in [-0.39, 0.29) is 11.9 Å². The highest BCUT2D eigenvalue weighted by Crippen LogP contribution is 2.31. The molecule has 0 aliphatic carbocycles. The maximum atomic E-state index is 12.8. The van der Waals surface area contributed by atoms with Crippen molar-refractivity contribution in [1.29, 1.82) is 0 Å². The predicted molar refractivity (Wildman–Crippen MR) is 134 cm³/mol. The van der Waals surface area contributed by atoms with Gasteiger partial charge < -0.3 is 20.7 Å². The number of hydrogen-bond acceptors (Lipinski definition) is 5. The highest BCUT2D eigenvalue weighted by Gasteiger charge is 2.28. The molecule has 1 fully saturated rings. The fourth-order valence-corrected chi connectivity index (χ4v) is 4.48. The van der Waals surface area contributed by atoms with Crippen molar-refractivity contribution in [2.24, 2.45) is 0 Å². The van der Waals surface area contributed by atoms with E-state index in [1.807, 2.05) is 12.1 Å². The molecule has 1 amide bonds. The Morgan fingerprint density at radius 1 is 0.939 bits per heavy atom. The van der Waals surface area contributed by atoms with Gasteiger partial charge in [-0.25, -0.2) is 0 Å². The maximum absolute atomic E-state index is 12.8. The second kappa shape index (κ2) is 11.0. The minimum absolute atomic E-state index is 0.122. The highest BCUT2D eigenvalue weighted by molar-refractivity contribution is 6.00. The van der Waals surface area contributed by atoms with Crippen LogP contribution in [0.25, 0.3) is 0 Å². The summed E-state index contributed by atoms with van der Waals surface area (Å²) in [6, 6.07) is 27.1. The van der Waals surface area contributed by atoms with Crippen LogP contribution >= 0.6 is 0 Å². The number of anilines is 2. The summed E-state index contributed by atoms with van der Waals surface area (Å²) in [6.45, 7) is 4.39. The van der Waals surface area contributed by atoms with E-state index >= 15 is 0 Å². The quantitative estimate of drug-likeness (QED) is 0.411. The SMILES string of the molecule is COCCNC(=O)c1cc(N)ccc1N1CCN(C(c2ccccc2)c2ccccc2)CC1. The number of nitrogens with zero attached hydrogens (tertiary/aromatic N) is 2. The van der Waals surface area contributed by atoms with Crippen molar-refractivity contribution < 1.29 is 9.53 Å². The lowest BCUT2D eigenvalue weighted by Gasteiger charge is -2.41. The zero-order chi connectivity index (χ0) is 23.0. The van der Waals surface area contributed by atoms with Gasteiger partial charge in [-0.05, 0) is 29.3 Å².